The first-order chi connectivity index (χ1) is 16.5. The van der Waals surface area contributed by atoms with Crippen LogP contribution in [0, 0.1) is 0 Å². The number of rotatable bonds is 9. The van der Waals surface area contributed by atoms with Crippen molar-refractivity contribution in [2.24, 2.45) is 0 Å². The zero-order valence-corrected chi connectivity index (χ0v) is 20.1. The second-order valence-electron chi connectivity index (χ2n) is 7.51. The number of ether oxygens (including phenoxy) is 3. The number of fused-ring (bicyclic) bond motifs is 1. The fourth-order valence-electron chi connectivity index (χ4n) is 3.82. The first-order valence-electron chi connectivity index (χ1n) is 10.9. The van der Waals surface area contributed by atoms with Crippen LogP contribution in [0.25, 0.3) is 22.0 Å². The highest BCUT2D eigenvalue weighted by Gasteiger charge is 2.23. The molecule has 34 heavy (non-hydrogen) atoms. The van der Waals surface area contributed by atoms with Gasteiger partial charge in [-0.15, -0.1) is 11.3 Å². The number of aromatic nitrogens is 1. The smallest absolute Gasteiger partial charge is 0.341 e. The summed E-state index contributed by atoms with van der Waals surface area (Å²) in [6, 6.07) is 15.5. The zero-order chi connectivity index (χ0) is 24.1. The molecule has 1 N–H and O–H groups in total. The second-order valence-corrected chi connectivity index (χ2v) is 8.39. The van der Waals surface area contributed by atoms with Gasteiger partial charge in [0.25, 0.3) is 0 Å². The number of benzene rings is 2. The Labute approximate surface area is 201 Å². The van der Waals surface area contributed by atoms with Crippen molar-refractivity contribution in [1.82, 2.24) is 4.57 Å². The van der Waals surface area contributed by atoms with E-state index >= 15 is 0 Å². The number of hydrogen-bond acceptors (Lipinski definition) is 6. The van der Waals surface area contributed by atoms with E-state index in [1.807, 2.05) is 52.5 Å². The van der Waals surface area contributed by atoms with Crippen LogP contribution in [0.3, 0.4) is 0 Å². The van der Waals surface area contributed by atoms with E-state index in [0.717, 1.165) is 16.5 Å². The third-order valence-electron chi connectivity index (χ3n) is 5.48. The molecular weight excluding hydrogens is 452 g/mol. The van der Waals surface area contributed by atoms with Crippen LogP contribution < -0.4 is 14.8 Å². The van der Waals surface area contributed by atoms with Gasteiger partial charge >= 0.3 is 5.97 Å². The molecule has 8 heteroatoms. The molecule has 2 heterocycles. The zero-order valence-electron chi connectivity index (χ0n) is 19.3. The molecule has 0 saturated heterocycles. The lowest BCUT2D eigenvalue weighted by molar-refractivity contribution is -0.116. The van der Waals surface area contributed by atoms with Crippen LogP contribution in [0.15, 0.2) is 60.1 Å². The molecule has 4 rings (SSSR count). The molecule has 0 bridgehead atoms. The van der Waals surface area contributed by atoms with Crippen molar-refractivity contribution >= 4 is 39.1 Å². The van der Waals surface area contributed by atoms with Gasteiger partial charge in [-0.25, -0.2) is 4.79 Å². The van der Waals surface area contributed by atoms with Gasteiger partial charge in [-0.2, -0.15) is 0 Å². The van der Waals surface area contributed by atoms with E-state index in [1.54, 1.807) is 33.3 Å². The third kappa shape index (κ3) is 4.77. The number of amides is 1. The Balaban J connectivity index is 1.57. The largest absolute Gasteiger partial charge is 0.493 e. The predicted molar refractivity (Wildman–Crippen MR) is 134 cm³/mol. The van der Waals surface area contributed by atoms with E-state index in [1.165, 1.54) is 11.3 Å². The van der Waals surface area contributed by atoms with Gasteiger partial charge < -0.3 is 24.1 Å². The normalized spacial score (nSPS) is 10.8. The van der Waals surface area contributed by atoms with Gasteiger partial charge in [-0.05, 0) is 42.1 Å². The van der Waals surface area contributed by atoms with Crippen molar-refractivity contribution < 1.29 is 23.8 Å². The molecule has 0 aliphatic rings. The Morgan fingerprint density at radius 3 is 2.59 bits per heavy atom. The van der Waals surface area contributed by atoms with Crippen molar-refractivity contribution in [3.63, 3.8) is 0 Å². The third-order valence-corrected chi connectivity index (χ3v) is 6.37. The summed E-state index contributed by atoms with van der Waals surface area (Å²) < 4.78 is 18.1. The predicted octanol–water partition coefficient (Wildman–Crippen LogP) is 5.59. The van der Waals surface area contributed by atoms with Gasteiger partial charge in [0.1, 0.15) is 10.6 Å². The molecule has 4 aromatic rings. The Kier molecular flexibility index (Phi) is 7.18. The number of nitrogens with one attached hydrogen (secondary N) is 1. The lowest BCUT2D eigenvalue weighted by Crippen LogP contribution is -2.16. The molecule has 2 aromatic heterocycles. The lowest BCUT2D eigenvalue weighted by Gasteiger charge is -2.11. The molecule has 0 radical (unpaired) electrons. The first-order valence-corrected chi connectivity index (χ1v) is 11.8. The van der Waals surface area contributed by atoms with Gasteiger partial charge in [0.05, 0.1) is 20.8 Å². The second kappa shape index (κ2) is 10.4. The van der Waals surface area contributed by atoms with Crippen molar-refractivity contribution in [2.75, 3.05) is 26.1 Å². The number of aryl methyl sites for hydroxylation is 1. The fraction of sp³-hybridized carbons (Fsp3) is 0.231. The molecule has 0 unspecified atom stereocenters. The number of methoxy groups -OCH3 is 2. The maximum atomic E-state index is 12.8. The van der Waals surface area contributed by atoms with Crippen LogP contribution in [0.5, 0.6) is 11.5 Å². The molecule has 2 aromatic carbocycles. The number of esters is 1. The minimum absolute atomic E-state index is 0.177. The van der Waals surface area contributed by atoms with E-state index in [-0.39, 0.29) is 18.9 Å². The number of thiophene rings is 1. The monoisotopic (exact) mass is 478 g/mol. The minimum atomic E-state index is -0.486. The maximum absolute atomic E-state index is 12.8. The highest BCUT2D eigenvalue weighted by molar-refractivity contribution is 7.15. The van der Waals surface area contributed by atoms with Crippen molar-refractivity contribution in [3.05, 3.63) is 65.7 Å². The summed E-state index contributed by atoms with van der Waals surface area (Å²) in [6.07, 6.45) is 2.24. The summed E-state index contributed by atoms with van der Waals surface area (Å²) in [5.74, 6) is 0.472. The summed E-state index contributed by atoms with van der Waals surface area (Å²) >= 11 is 1.29. The summed E-state index contributed by atoms with van der Waals surface area (Å²) in [5.41, 5.74) is 2.83. The quantitative estimate of drug-likeness (QED) is 0.317. The molecule has 1 amide bonds. The molecule has 0 atom stereocenters. The first kappa shape index (κ1) is 23.4. The number of carbonyl (C=O) groups is 2. The van der Waals surface area contributed by atoms with Crippen LogP contribution >= 0.6 is 11.3 Å². The maximum Gasteiger partial charge on any atom is 0.341 e. The van der Waals surface area contributed by atoms with Crippen molar-refractivity contribution in [2.45, 2.75) is 19.9 Å². The van der Waals surface area contributed by atoms with Crippen LogP contribution in [0.1, 0.15) is 23.7 Å². The van der Waals surface area contributed by atoms with Gasteiger partial charge in [0.2, 0.25) is 5.91 Å². The van der Waals surface area contributed by atoms with Crippen molar-refractivity contribution in [3.8, 4) is 22.6 Å². The number of hydrogen-bond donors (Lipinski definition) is 1. The average molecular weight is 479 g/mol. The van der Waals surface area contributed by atoms with Crippen LogP contribution in [0.4, 0.5) is 5.00 Å². The van der Waals surface area contributed by atoms with E-state index < -0.39 is 5.97 Å². The SMILES string of the molecule is CCOC(=O)c1c(-c2ccc(OC)c(OC)c2)csc1NC(=O)CCn1ccc2ccccc21. The molecule has 0 spiro atoms. The highest BCUT2D eigenvalue weighted by Crippen LogP contribution is 2.39. The Morgan fingerprint density at radius 1 is 1.03 bits per heavy atom. The topological polar surface area (TPSA) is 78.8 Å². The molecule has 0 aliphatic heterocycles. The van der Waals surface area contributed by atoms with E-state index in [4.69, 9.17) is 14.2 Å². The average Bonchev–Trinajstić information content (AvgIpc) is 3.46. The summed E-state index contributed by atoms with van der Waals surface area (Å²) in [4.78, 5) is 25.6. The van der Waals surface area contributed by atoms with Crippen LogP contribution in [-0.4, -0.2) is 37.3 Å². The lowest BCUT2D eigenvalue weighted by atomic mass is 10.0. The van der Waals surface area contributed by atoms with E-state index in [2.05, 4.69) is 5.32 Å². The van der Waals surface area contributed by atoms with Gasteiger partial charge in [0.15, 0.2) is 11.5 Å². The Morgan fingerprint density at radius 2 is 1.82 bits per heavy atom. The Bertz CT molecular complexity index is 1320. The number of carbonyl (C=O) groups excluding carboxylic acids is 2. The highest BCUT2D eigenvalue weighted by atomic mass is 32.1. The van der Waals surface area contributed by atoms with E-state index in [0.29, 0.717) is 34.2 Å². The number of para-hydroxylation sites is 1. The molecular formula is C26H26N2O5S. The number of nitrogens with zero attached hydrogens (tertiary/aromatic N) is 1. The van der Waals surface area contributed by atoms with Gasteiger partial charge in [-0.3, -0.25) is 4.79 Å². The minimum Gasteiger partial charge on any atom is -0.493 e. The molecule has 0 saturated carbocycles. The van der Waals surface area contributed by atoms with E-state index in [9.17, 15) is 9.59 Å². The summed E-state index contributed by atoms with van der Waals surface area (Å²) in [5, 5.41) is 6.34. The molecule has 0 aliphatic carbocycles. The van der Waals surface area contributed by atoms with Crippen LogP contribution in [0.2, 0.25) is 0 Å². The summed E-state index contributed by atoms with van der Waals surface area (Å²) in [6.45, 7) is 2.51. The fourth-order valence-corrected chi connectivity index (χ4v) is 4.79. The molecule has 176 valence electrons. The molecule has 0 fully saturated rings. The van der Waals surface area contributed by atoms with Crippen molar-refractivity contribution in [1.29, 1.82) is 0 Å². The molecule has 7 nitrogen and oxygen atoms in total. The summed E-state index contributed by atoms with van der Waals surface area (Å²) in [7, 11) is 3.12. The van der Waals surface area contributed by atoms with Gasteiger partial charge in [-0.1, -0.05) is 24.3 Å². The van der Waals surface area contributed by atoms with Gasteiger partial charge in [0, 0.05) is 35.6 Å². The van der Waals surface area contributed by atoms with Crippen LogP contribution in [-0.2, 0) is 16.1 Å². The Hall–Kier alpha value is -3.78. The standard InChI is InChI=1S/C26H26N2O5S/c1-4-33-26(30)24-19(18-9-10-21(31-2)22(15-18)32-3)16-34-25(24)27-23(29)12-14-28-13-11-17-7-5-6-8-20(17)28/h5-11,13,15-16H,4,12,14H2,1-3H3,(H,27,29). The number of anilines is 1.